The SMILES string of the molecule is CCCN1CCCc2cc(CN(C(=S)Nc3ccc(C(=O)OCC)cc3)[C@H]3CCCC[C@H]3C)ccc21. The van der Waals surface area contributed by atoms with Crippen molar-refractivity contribution in [3.63, 3.8) is 0 Å². The molecular formula is C30H41N3O2S. The topological polar surface area (TPSA) is 44.8 Å². The van der Waals surface area contributed by atoms with Crippen molar-refractivity contribution in [3.8, 4) is 0 Å². The van der Waals surface area contributed by atoms with Gasteiger partial charge in [0.05, 0.1) is 12.2 Å². The maximum Gasteiger partial charge on any atom is 0.338 e. The van der Waals surface area contributed by atoms with Gasteiger partial charge in [-0.05, 0) is 98.6 Å². The second kappa shape index (κ2) is 12.6. The van der Waals surface area contributed by atoms with E-state index in [4.69, 9.17) is 17.0 Å². The number of ether oxygens (including phenoxy) is 1. The van der Waals surface area contributed by atoms with Crippen LogP contribution in [0.5, 0.6) is 0 Å². The van der Waals surface area contributed by atoms with E-state index in [0.717, 1.165) is 36.9 Å². The highest BCUT2D eigenvalue weighted by Gasteiger charge is 2.29. The van der Waals surface area contributed by atoms with E-state index in [9.17, 15) is 4.79 Å². The summed E-state index contributed by atoms with van der Waals surface area (Å²) in [4.78, 5) is 17.0. The molecule has 2 aromatic carbocycles. The second-order valence-electron chi connectivity index (χ2n) is 10.2. The number of aryl methyl sites for hydroxylation is 1. The van der Waals surface area contributed by atoms with Gasteiger partial charge in [-0.1, -0.05) is 38.8 Å². The van der Waals surface area contributed by atoms with Gasteiger partial charge in [-0.2, -0.15) is 0 Å². The van der Waals surface area contributed by atoms with Gasteiger partial charge in [0.2, 0.25) is 0 Å². The van der Waals surface area contributed by atoms with Gasteiger partial charge in [0.15, 0.2) is 5.11 Å². The lowest BCUT2D eigenvalue weighted by molar-refractivity contribution is 0.0526. The number of hydrogen-bond acceptors (Lipinski definition) is 4. The van der Waals surface area contributed by atoms with Crippen molar-refractivity contribution >= 4 is 34.7 Å². The molecule has 2 aliphatic rings. The Kier molecular flexibility index (Phi) is 9.24. The normalized spacial score (nSPS) is 19.4. The first kappa shape index (κ1) is 26.5. The highest BCUT2D eigenvalue weighted by atomic mass is 32.1. The first-order chi connectivity index (χ1) is 17.5. The second-order valence-corrected chi connectivity index (χ2v) is 10.6. The van der Waals surface area contributed by atoms with E-state index in [2.05, 4.69) is 47.2 Å². The van der Waals surface area contributed by atoms with Crippen molar-refractivity contribution in [1.82, 2.24) is 4.90 Å². The van der Waals surface area contributed by atoms with Crippen LogP contribution in [0.3, 0.4) is 0 Å². The van der Waals surface area contributed by atoms with Gasteiger partial charge in [0.1, 0.15) is 0 Å². The van der Waals surface area contributed by atoms with Gasteiger partial charge in [0, 0.05) is 37.1 Å². The lowest BCUT2D eigenvalue weighted by atomic mass is 9.84. The number of nitrogens with one attached hydrogen (secondary N) is 1. The molecule has 2 aromatic rings. The third-order valence-corrected chi connectivity index (χ3v) is 7.92. The quantitative estimate of drug-likeness (QED) is 0.313. The fourth-order valence-electron chi connectivity index (χ4n) is 5.72. The van der Waals surface area contributed by atoms with Gasteiger partial charge < -0.3 is 19.9 Å². The summed E-state index contributed by atoms with van der Waals surface area (Å²) in [5, 5.41) is 4.21. The maximum atomic E-state index is 12.0. The molecule has 0 unspecified atom stereocenters. The third kappa shape index (κ3) is 6.39. The highest BCUT2D eigenvalue weighted by Crippen LogP contribution is 2.32. The molecule has 0 saturated heterocycles. The minimum atomic E-state index is -0.297. The standard InChI is InChI=1S/C30H41N3O2S/c1-4-18-32-19-8-10-25-20-23(12-17-28(25)32)21-33(27-11-7-6-9-22(27)3)30(36)31-26-15-13-24(14-16-26)29(34)35-5-2/h12-17,20,22,27H,4-11,18-19,21H2,1-3H3,(H,31,36)/t22-,27+/m1/s1. The summed E-state index contributed by atoms with van der Waals surface area (Å²) in [7, 11) is 0. The third-order valence-electron chi connectivity index (χ3n) is 7.58. The molecule has 4 rings (SSSR count). The van der Waals surface area contributed by atoms with E-state index in [1.165, 1.54) is 55.3 Å². The molecule has 0 aromatic heterocycles. The average molecular weight is 508 g/mol. The van der Waals surface area contributed by atoms with E-state index in [1.54, 1.807) is 12.1 Å². The molecule has 2 atom stereocenters. The van der Waals surface area contributed by atoms with Crippen molar-refractivity contribution in [3.05, 3.63) is 59.2 Å². The zero-order chi connectivity index (χ0) is 25.5. The smallest absolute Gasteiger partial charge is 0.338 e. The molecule has 1 aliphatic carbocycles. The molecule has 0 radical (unpaired) electrons. The molecule has 1 fully saturated rings. The number of benzene rings is 2. The molecule has 1 saturated carbocycles. The predicted molar refractivity (Wildman–Crippen MR) is 153 cm³/mol. The molecule has 1 N–H and O–H groups in total. The Labute approximate surface area is 222 Å². The van der Waals surface area contributed by atoms with Crippen molar-refractivity contribution in [2.24, 2.45) is 5.92 Å². The Morgan fingerprint density at radius 1 is 1.11 bits per heavy atom. The van der Waals surface area contributed by atoms with Crippen LogP contribution in [0, 0.1) is 5.92 Å². The van der Waals surface area contributed by atoms with Crippen LogP contribution in [0.1, 0.15) is 80.8 Å². The lowest BCUT2D eigenvalue weighted by Crippen LogP contribution is -2.46. The van der Waals surface area contributed by atoms with Crippen LogP contribution in [0.25, 0.3) is 0 Å². The molecule has 1 heterocycles. The maximum absolute atomic E-state index is 12.0. The molecule has 5 nitrogen and oxygen atoms in total. The summed E-state index contributed by atoms with van der Waals surface area (Å²) in [5.41, 5.74) is 5.65. The summed E-state index contributed by atoms with van der Waals surface area (Å²) in [6.45, 7) is 9.90. The molecular weight excluding hydrogens is 466 g/mol. The van der Waals surface area contributed by atoms with E-state index in [-0.39, 0.29) is 5.97 Å². The number of carbonyl (C=O) groups is 1. The summed E-state index contributed by atoms with van der Waals surface area (Å²) in [5.74, 6) is 0.302. The van der Waals surface area contributed by atoms with Crippen LogP contribution in [-0.4, -0.2) is 41.7 Å². The number of esters is 1. The largest absolute Gasteiger partial charge is 0.462 e. The highest BCUT2D eigenvalue weighted by molar-refractivity contribution is 7.80. The van der Waals surface area contributed by atoms with Crippen molar-refractivity contribution in [2.75, 3.05) is 29.9 Å². The van der Waals surface area contributed by atoms with Crippen LogP contribution < -0.4 is 10.2 Å². The number of thiocarbonyl (C=S) groups is 1. The minimum absolute atomic E-state index is 0.297. The van der Waals surface area contributed by atoms with Crippen LogP contribution in [0.15, 0.2) is 42.5 Å². The monoisotopic (exact) mass is 507 g/mol. The molecule has 1 aliphatic heterocycles. The Morgan fingerprint density at radius 2 is 1.89 bits per heavy atom. The van der Waals surface area contributed by atoms with Gasteiger partial charge in [-0.15, -0.1) is 0 Å². The van der Waals surface area contributed by atoms with Crippen LogP contribution in [0.2, 0.25) is 0 Å². The lowest BCUT2D eigenvalue weighted by Gasteiger charge is -2.40. The van der Waals surface area contributed by atoms with Crippen LogP contribution >= 0.6 is 12.2 Å². The summed E-state index contributed by atoms with van der Waals surface area (Å²) >= 11 is 6.01. The number of carbonyl (C=O) groups excluding carboxylic acids is 1. The Hall–Kier alpha value is -2.60. The first-order valence-electron chi connectivity index (χ1n) is 13.7. The molecule has 6 heteroatoms. The fraction of sp³-hybridized carbons (Fsp3) is 0.533. The molecule has 0 spiro atoms. The Bertz CT molecular complexity index is 1040. The van der Waals surface area contributed by atoms with Crippen molar-refractivity contribution in [2.45, 2.75) is 78.3 Å². The number of rotatable bonds is 8. The van der Waals surface area contributed by atoms with E-state index < -0.39 is 0 Å². The molecule has 0 bridgehead atoms. The van der Waals surface area contributed by atoms with Gasteiger partial charge in [-0.3, -0.25) is 0 Å². The number of fused-ring (bicyclic) bond motifs is 1. The number of anilines is 2. The zero-order valence-electron chi connectivity index (χ0n) is 22.1. The number of nitrogens with zero attached hydrogens (tertiary/aromatic N) is 2. The number of hydrogen-bond donors (Lipinski definition) is 1. The minimum Gasteiger partial charge on any atom is -0.462 e. The fourth-order valence-corrected chi connectivity index (χ4v) is 6.04. The van der Waals surface area contributed by atoms with Gasteiger partial charge >= 0.3 is 5.97 Å². The predicted octanol–water partition coefficient (Wildman–Crippen LogP) is 6.80. The molecule has 36 heavy (non-hydrogen) atoms. The molecule has 0 amide bonds. The van der Waals surface area contributed by atoms with Crippen molar-refractivity contribution in [1.29, 1.82) is 0 Å². The molecule has 194 valence electrons. The van der Waals surface area contributed by atoms with E-state index >= 15 is 0 Å². The van der Waals surface area contributed by atoms with E-state index in [1.807, 2.05) is 19.1 Å². The van der Waals surface area contributed by atoms with Gasteiger partial charge in [0.25, 0.3) is 0 Å². The Balaban J connectivity index is 1.53. The Morgan fingerprint density at radius 3 is 2.61 bits per heavy atom. The van der Waals surface area contributed by atoms with Crippen LogP contribution in [-0.2, 0) is 17.7 Å². The van der Waals surface area contributed by atoms with Crippen molar-refractivity contribution < 1.29 is 9.53 Å². The summed E-state index contributed by atoms with van der Waals surface area (Å²) in [6, 6.07) is 14.9. The average Bonchev–Trinajstić information content (AvgIpc) is 2.88. The summed E-state index contributed by atoms with van der Waals surface area (Å²) in [6.07, 6.45) is 8.51. The summed E-state index contributed by atoms with van der Waals surface area (Å²) < 4.78 is 5.11. The van der Waals surface area contributed by atoms with Gasteiger partial charge in [-0.25, -0.2) is 4.79 Å². The van der Waals surface area contributed by atoms with Crippen LogP contribution in [0.4, 0.5) is 11.4 Å². The zero-order valence-corrected chi connectivity index (χ0v) is 22.9. The first-order valence-corrected chi connectivity index (χ1v) is 14.1. The van der Waals surface area contributed by atoms with E-state index in [0.29, 0.717) is 24.1 Å².